The first-order chi connectivity index (χ1) is 12.5. The van der Waals surface area contributed by atoms with Crippen LogP contribution < -0.4 is 11.3 Å². The van der Waals surface area contributed by atoms with E-state index in [1.165, 1.54) is 6.07 Å². The predicted octanol–water partition coefficient (Wildman–Crippen LogP) is 5.15. The van der Waals surface area contributed by atoms with Crippen molar-refractivity contribution in [1.82, 2.24) is 4.98 Å². The van der Waals surface area contributed by atoms with E-state index in [4.69, 9.17) is 17.3 Å². The van der Waals surface area contributed by atoms with Gasteiger partial charge < -0.3 is 15.8 Å². The number of nitrogens with one attached hydrogen (secondary N) is 1. The summed E-state index contributed by atoms with van der Waals surface area (Å²) in [6, 6.07) is 16.4. The molecule has 0 unspecified atom stereocenters. The van der Waals surface area contributed by atoms with Crippen molar-refractivity contribution in [3.05, 3.63) is 75.5 Å². The van der Waals surface area contributed by atoms with Crippen LogP contribution in [0.25, 0.3) is 32.8 Å². The van der Waals surface area contributed by atoms with Crippen molar-refractivity contribution >= 4 is 45.7 Å². The maximum absolute atomic E-state index is 12.4. The SMILES string of the molecule is C[C@@H](N)c1ccc(-c2c(O)cc(Cl)c3[nH]c(=O)c4ccccc4c23)cc1.Cl. The topological polar surface area (TPSA) is 79.1 Å². The van der Waals surface area contributed by atoms with E-state index in [1.54, 1.807) is 6.07 Å². The van der Waals surface area contributed by atoms with E-state index < -0.39 is 0 Å². The molecule has 0 bridgehead atoms. The molecule has 0 amide bonds. The van der Waals surface area contributed by atoms with Gasteiger partial charge in [0.15, 0.2) is 0 Å². The third kappa shape index (κ3) is 3.16. The highest BCUT2D eigenvalue weighted by atomic mass is 35.5. The number of aromatic amines is 1. The quantitative estimate of drug-likeness (QED) is 0.407. The molecule has 27 heavy (non-hydrogen) atoms. The average molecular weight is 401 g/mol. The fourth-order valence-electron chi connectivity index (χ4n) is 3.35. The summed E-state index contributed by atoms with van der Waals surface area (Å²) >= 11 is 6.31. The molecule has 138 valence electrons. The summed E-state index contributed by atoms with van der Waals surface area (Å²) in [6.45, 7) is 1.92. The molecule has 0 aliphatic heterocycles. The highest BCUT2D eigenvalue weighted by Crippen LogP contribution is 2.42. The number of H-pyrrole nitrogens is 1. The van der Waals surface area contributed by atoms with E-state index >= 15 is 0 Å². The predicted molar refractivity (Wildman–Crippen MR) is 114 cm³/mol. The molecular formula is C21H18Cl2N2O2. The number of hydrogen-bond acceptors (Lipinski definition) is 3. The summed E-state index contributed by atoms with van der Waals surface area (Å²) in [5.74, 6) is 0.0632. The maximum Gasteiger partial charge on any atom is 0.256 e. The van der Waals surface area contributed by atoms with Crippen LogP contribution in [0.5, 0.6) is 5.75 Å². The molecule has 1 atom stereocenters. The number of aromatic nitrogens is 1. The number of hydrogen-bond donors (Lipinski definition) is 3. The van der Waals surface area contributed by atoms with Crippen LogP contribution in [0, 0.1) is 0 Å². The van der Waals surface area contributed by atoms with Gasteiger partial charge in [-0.25, -0.2) is 0 Å². The zero-order valence-electron chi connectivity index (χ0n) is 14.5. The highest BCUT2D eigenvalue weighted by Gasteiger charge is 2.17. The lowest BCUT2D eigenvalue weighted by Crippen LogP contribution is -2.07. The summed E-state index contributed by atoms with van der Waals surface area (Å²) in [4.78, 5) is 15.3. The van der Waals surface area contributed by atoms with E-state index in [2.05, 4.69) is 4.98 Å². The van der Waals surface area contributed by atoms with Crippen molar-refractivity contribution in [1.29, 1.82) is 0 Å². The number of aromatic hydroxyl groups is 1. The highest BCUT2D eigenvalue weighted by molar-refractivity contribution is 6.37. The van der Waals surface area contributed by atoms with Gasteiger partial charge in [-0.2, -0.15) is 0 Å². The van der Waals surface area contributed by atoms with Crippen molar-refractivity contribution in [2.75, 3.05) is 0 Å². The Balaban J connectivity index is 0.00000210. The van der Waals surface area contributed by atoms with E-state index in [9.17, 15) is 9.90 Å². The van der Waals surface area contributed by atoms with Gasteiger partial charge >= 0.3 is 0 Å². The number of fused-ring (bicyclic) bond motifs is 3. The van der Waals surface area contributed by atoms with Gasteiger partial charge in [0, 0.05) is 28.4 Å². The van der Waals surface area contributed by atoms with E-state index in [1.807, 2.05) is 49.4 Å². The minimum atomic E-state index is -0.209. The van der Waals surface area contributed by atoms with Gasteiger partial charge in [-0.15, -0.1) is 12.4 Å². The molecule has 1 heterocycles. The van der Waals surface area contributed by atoms with Crippen LogP contribution in [0.2, 0.25) is 5.02 Å². The Labute approximate surface area is 167 Å². The molecule has 4 nitrogen and oxygen atoms in total. The van der Waals surface area contributed by atoms with Crippen LogP contribution in [0.4, 0.5) is 0 Å². The number of halogens is 2. The lowest BCUT2D eigenvalue weighted by molar-refractivity contribution is 0.478. The van der Waals surface area contributed by atoms with Crippen molar-refractivity contribution < 1.29 is 5.11 Å². The summed E-state index contributed by atoms with van der Waals surface area (Å²) in [6.07, 6.45) is 0. The standard InChI is InChI=1S/C21H17ClN2O2.ClH/c1-11(23)12-6-8-13(9-7-12)18-17(25)10-16(22)20-19(18)14-4-2-3-5-15(14)21(26)24-20;/h2-11,25H,23H2,1H3,(H,24,26);1H/t11-;/m1./s1. The van der Waals surface area contributed by atoms with Crippen molar-refractivity contribution in [3.8, 4) is 16.9 Å². The molecule has 0 saturated carbocycles. The number of phenols is 1. The molecule has 0 aliphatic rings. The Morgan fingerprint density at radius 3 is 2.33 bits per heavy atom. The minimum absolute atomic E-state index is 0. The largest absolute Gasteiger partial charge is 0.507 e. The van der Waals surface area contributed by atoms with E-state index in [0.717, 1.165) is 21.9 Å². The number of phenolic OH excluding ortho intramolecular Hbond substituents is 1. The maximum atomic E-state index is 12.4. The molecule has 0 spiro atoms. The molecule has 0 aliphatic carbocycles. The summed E-state index contributed by atoms with van der Waals surface area (Å²) in [5.41, 5.74) is 8.69. The van der Waals surface area contributed by atoms with Gasteiger partial charge in [-0.05, 0) is 29.5 Å². The second-order valence-corrected chi connectivity index (χ2v) is 6.82. The molecule has 6 heteroatoms. The van der Waals surface area contributed by atoms with Gasteiger partial charge in [0.25, 0.3) is 5.56 Å². The van der Waals surface area contributed by atoms with Gasteiger partial charge in [-0.3, -0.25) is 4.79 Å². The normalized spacial score (nSPS) is 12.1. The third-order valence-corrected chi connectivity index (χ3v) is 4.96. The Hall–Kier alpha value is -2.53. The summed E-state index contributed by atoms with van der Waals surface area (Å²) in [5, 5.41) is 13.0. The minimum Gasteiger partial charge on any atom is -0.507 e. The third-order valence-electron chi connectivity index (χ3n) is 4.66. The van der Waals surface area contributed by atoms with Crippen molar-refractivity contribution in [3.63, 3.8) is 0 Å². The summed E-state index contributed by atoms with van der Waals surface area (Å²) in [7, 11) is 0. The van der Waals surface area contributed by atoms with Gasteiger partial charge in [0.1, 0.15) is 5.75 Å². The first kappa shape index (κ1) is 19.2. The molecule has 0 saturated heterocycles. The second-order valence-electron chi connectivity index (χ2n) is 6.41. The summed E-state index contributed by atoms with van der Waals surface area (Å²) < 4.78 is 0. The zero-order chi connectivity index (χ0) is 18.4. The van der Waals surface area contributed by atoms with E-state index in [-0.39, 0.29) is 29.8 Å². The molecular weight excluding hydrogens is 383 g/mol. The molecule has 0 radical (unpaired) electrons. The van der Waals surface area contributed by atoms with Crippen LogP contribution in [-0.4, -0.2) is 10.1 Å². The van der Waals surface area contributed by atoms with Crippen LogP contribution >= 0.6 is 24.0 Å². The van der Waals surface area contributed by atoms with Gasteiger partial charge in [0.05, 0.1) is 10.5 Å². The fourth-order valence-corrected chi connectivity index (χ4v) is 3.60. The monoisotopic (exact) mass is 400 g/mol. The Bertz CT molecular complexity index is 1200. The Morgan fingerprint density at radius 2 is 1.70 bits per heavy atom. The number of nitrogens with two attached hydrogens (primary N) is 1. The number of rotatable bonds is 2. The van der Waals surface area contributed by atoms with Crippen LogP contribution in [0.1, 0.15) is 18.5 Å². The van der Waals surface area contributed by atoms with Gasteiger partial charge in [0.2, 0.25) is 0 Å². The van der Waals surface area contributed by atoms with Crippen molar-refractivity contribution in [2.45, 2.75) is 13.0 Å². The van der Waals surface area contributed by atoms with E-state index in [0.29, 0.717) is 21.5 Å². The van der Waals surface area contributed by atoms with Crippen LogP contribution in [0.15, 0.2) is 59.4 Å². The molecule has 0 fully saturated rings. The number of pyridine rings is 1. The molecule has 3 aromatic carbocycles. The molecule has 4 N–H and O–H groups in total. The van der Waals surface area contributed by atoms with Crippen molar-refractivity contribution in [2.24, 2.45) is 5.73 Å². The van der Waals surface area contributed by atoms with Crippen LogP contribution in [-0.2, 0) is 0 Å². The molecule has 1 aromatic heterocycles. The second kappa shape index (κ2) is 7.24. The molecule has 4 aromatic rings. The lowest BCUT2D eigenvalue weighted by atomic mass is 9.94. The Kier molecular flexibility index (Phi) is 5.16. The van der Waals surface area contributed by atoms with Crippen LogP contribution in [0.3, 0.4) is 0 Å². The van der Waals surface area contributed by atoms with Gasteiger partial charge in [-0.1, -0.05) is 54.1 Å². The smallest absolute Gasteiger partial charge is 0.256 e. The Morgan fingerprint density at radius 1 is 1.07 bits per heavy atom. The number of benzene rings is 3. The first-order valence-electron chi connectivity index (χ1n) is 8.29. The lowest BCUT2D eigenvalue weighted by Gasteiger charge is -2.14. The first-order valence-corrected chi connectivity index (χ1v) is 8.67. The molecule has 4 rings (SSSR count). The fraction of sp³-hybridized carbons (Fsp3) is 0.0952. The average Bonchev–Trinajstić information content (AvgIpc) is 2.63. The zero-order valence-corrected chi connectivity index (χ0v) is 16.1.